The third-order valence-corrected chi connectivity index (χ3v) is 4.96. The second-order valence-corrected chi connectivity index (χ2v) is 6.31. The molecule has 3 heterocycles. The van der Waals surface area contributed by atoms with Crippen molar-refractivity contribution in [3.05, 3.63) is 24.2 Å². The van der Waals surface area contributed by atoms with Gasteiger partial charge in [0.1, 0.15) is 5.76 Å². The molecular weight excluding hydrogens is 256 g/mol. The summed E-state index contributed by atoms with van der Waals surface area (Å²) in [5, 5.41) is 9.58. The van der Waals surface area contributed by atoms with Crippen molar-refractivity contribution in [3.8, 4) is 0 Å². The van der Waals surface area contributed by atoms with Gasteiger partial charge in [-0.2, -0.15) is 0 Å². The summed E-state index contributed by atoms with van der Waals surface area (Å²) in [7, 11) is 2.11. The van der Waals surface area contributed by atoms with E-state index in [4.69, 9.17) is 4.42 Å². The number of likely N-dealkylation sites (tertiary alicyclic amines) is 2. The summed E-state index contributed by atoms with van der Waals surface area (Å²) in [6.45, 7) is 4.23. The molecule has 110 valence electrons. The first-order chi connectivity index (χ1) is 9.59. The maximum Gasteiger partial charge on any atom is 0.308 e. The predicted octanol–water partition coefficient (Wildman–Crippen LogP) is 1.51. The van der Waals surface area contributed by atoms with Crippen LogP contribution in [0.1, 0.15) is 18.6 Å². The Labute approximate surface area is 119 Å². The lowest BCUT2D eigenvalue weighted by atomic mass is 9.71. The Morgan fingerprint density at radius 1 is 1.50 bits per heavy atom. The van der Waals surface area contributed by atoms with E-state index in [1.807, 2.05) is 12.1 Å². The van der Waals surface area contributed by atoms with Gasteiger partial charge in [0.25, 0.3) is 0 Å². The topological polar surface area (TPSA) is 56.9 Å². The highest BCUT2D eigenvalue weighted by Gasteiger charge is 2.50. The molecule has 0 aliphatic carbocycles. The second-order valence-electron chi connectivity index (χ2n) is 6.31. The van der Waals surface area contributed by atoms with Crippen LogP contribution in [0.5, 0.6) is 0 Å². The van der Waals surface area contributed by atoms with E-state index < -0.39 is 5.97 Å². The summed E-state index contributed by atoms with van der Waals surface area (Å²) in [6, 6.07) is 3.83. The molecule has 20 heavy (non-hydrogen) atoms. The van der Waals surface area contributed by atoms with Gasteiger partial charge in [-0.15, -0.1) is 0 Å². The molecule has 3 rings (SSSR count). The van der Waals surface area contributed by atoms with Crippen molar-refractivity contribution in [2.45, 2.75) is 19.4 Å². The summed E-state index contributed by atoms with van der Waals surface area (Å²) < 4.78 is 5.39. The molecule has 5 nitrogen and oxygen atoms in total. The Balaban J connectivity index is 1.74. The smallest absolute Gasteiger partial charge is 0.308 e. The van der Waals surface area contributed by atoms with Crippen molar-refractivity contribution in [2.75, 3.05) is 33.2 Å². The van der Waals surface area contributed by atoms with Crippen LogP contribution in [0.15, 0.2) is 22.8 Å². The average molecular weight is 278 g/mol. The van der Waals surface area contributed by atoms with E-state index in [1.165, 1.54) is 0 Å². The molecule has 1 aromatic heterocycles. The number of hydrogen-bond donors (Lipinski definition) is 1. The van der Waals surface area contributed by atoms with Crippen molar-refractivity contribution < 1.29 is 14.3 Å². The lowest BCUT2D eigenvalue weighted by molar-refractivity contribution is -0.145. The van der Waals surface area contributed by atoms with Crippen LogP contribution in [0.3, 0.4) is 0 Å². The first kappa shape index (κ1) is 13.6. The van der Waals surface area contributed by atoms with Gasteiger partial charge in [-0.25, -0.2) is 0 Å². The van der Waals surface area contributed by atoms with Gasteiger partial charge in [-0.05, 0) is 45.1 Å². The van der Waals surface area contributed by atoms with Crippen LogP contribution in [0.2, 0.25) is 0 Å². The van der Waals surface area contributed by atoms with Crippen molar-refractivity contribution in [3.63, 3.8) is 0 Å². The molecule has 2 saturated heterocycles. The Kier molecular flexibility index (Phi) is 3.56. The van der Waals surface area contributed by atoms with Crippen LogP contribution in [0, 0.1) is 11.3 Å². The molecular formula is C15H22N2O3. The monoisotopic (exact) mass is 278 g/mol. The molecule has 0 aromatic carbocycles. The molecule has 0 saturated carbocycles. The zero-order valence-electron chi connectivity index (χ0n) is 11.9. The fourth-order valence-corrected chi connectivity index (χ4v) is 3.73. The fraction of sp³-hybridized carbons (Fsp3) is 0.667. The van der Waals surface area contributed by atoms with Gasteiger partial charge in [0.2, 0.25) is 0 Å². The molecule has 2 fully saturated rings. The van der Waals surface area contributed by atoms with Gasteiger partial charge in [0, 0.05) is 18.5 Å². The number of rotatable bonds is 3. The summed E-state index contributed by atoms with van der Waals surface area (Å²) in [6.07, 6.45) is 3.63. The Morgan fingerprint density at radius 3 is 2.85 bits per heavy atom. The van der Waals surface area contributed by atoms with Crippen molar-refractivity contribution in [2.24, 2.45) is 11.3 Å². The summed E-state index contributed by atoms with van der Waals surface area (Å²) in [5.74, 6) is 0.0294. The molecule has 1 unspecified atom stereocenters. The zero-order valence-corrected chi connectivity index (χ0v) is 11.9. The van der Waals surface area contributed by atoms with Gasteiger partial charge < -0.3 is 14.4 Å². The van der Waals surface area contributed by atoms with E-state index in [-0.39, 0.29) is 11.3 Å². The van der Waals surface area contributed by atoms with Crippen LogP contribution >= 0.6 is 0 Å². The van der Waals surface area contributed by atoms with E-state index in [2.05, 4.69) is 16.8 Å². The molecule has 2 aliphatic heterocycles. The molecule has 0 bridgehead atoms. The van der Waals surface area contributed by atoms with Gasteiger partial charge in [-0.3, -0.25) is 9.69 Å². The molecule has 1 atom stereocenters. The average Bonchev–Trinajstić information content (AvgIpc) is 3.02. The van der Waals surface area contributed by atoms with Crippen molar-refractivity contribution in [1.82, 2.24) is 9.80 Å². The fourth-order valence-electron chi connectivity index (χ4n) is 3.73. The molecule has 5 heteroatoms. The number of piperidine rings is 1. The van der Waals surface area contributed by atoms with Crippen LogP contribution < -0.4 is 0 Å². The number of carbonyl (C=O) groups is 1. The maximum atomic E-state index is 11.6. The number of aliphatic carboxylic acids is 1. The number of furan rings is 1. The molecule has 1 N–H and O–H groups in total. The SMILES string of the molecule is CN1CCC2(CC1)CN(Cc1ccco1)CC2C(=O)O. The minimum absolute atomic E-state index is 0.0507. The minimum atomic E-state index is -0.642. The third kappa shape index (κ3) is 2.47. The van der Waals surface area contributed by atoms with E-state index in [0.717, 1.165) is 38.2 Å². The zero-order chi connectivity index (χ0) is 14.2. The van der Waals surface area contributed by atoms with Crippen LogP contribution in [0.25, 0.3) is 0 Å². The van der Waals surface area contributed by atoms with E-state index in [1.54, 1.807) is 6.26 Å². The highest BCUT2D eigenvalue weighted by Crippen LogP contribution is 2.45. The molecule has 2 aliphatic rings. The van der Waals surface area contributed by atoms with Gasteiger partial charge in [0.15, 0.2) is 0 Å². The molecule has 0 amide bonds. The number of carboxylic acids is 1. The Bertz CT molecular complexity index is 463. The van der Waals surface area contributed by atoms with Crippen molar-refractivity contribution in [1.29, 1.82) is 0 Å². The molecule has 0 radical (unpaired) electrons. The summed E-state index contributed by atoms with van der Waals surface area (Å²) in [5.41, 5.74) is -0.0507. The standard InChI is InChI=1S/C15H22N2O3/c1-16-6-4-15(5-7-16)11-17(10-13(15)14(18)19)9-12-3-2-8-20-12/h2-3,8,13H,4-7,9-11H2,1H3,(H,18,19). The molecule has 1 aromatic rings. The van der Waals surface area contributed by atoms with Crippen molar-refractivity contribution >= 4 is 5.97 Å². The van der Waals surface area contributed by atoms with Crippen LogP contribution in [-0.4, -0.2) is 54.1 Å². The van der Waals surface area contributed by atoms with E-state index >= 15 is 0 Å². The summed E-state index contributed by atoms with van der Waals surface area (Å²) in [4.78, 5) is 16.2. The van der Waals surface area contributed by atoms with Crippen LogP contribution in [-0.2, 0) is 11.3 Å². The summed E-state index contributed by atoms with van der Waals surface area (Å²) >= 11 is 0. The Hall–Kier alpha value is -1.33. The highest BCUT2D eigenvalue weighted by molar-refractivity contribution is 5.72. The largest absolute Gasteiger partial charge is 0.481 e. The Morgan fingerprint density at radius 2 is 2.25 bits per heavy atom. The number of hydrogen-bond acceptors (Lipinski definition) is 4. The maximum absolute atomic E-state index is 11.6. The lowest BCUT2D eigenvalue weighted by Crippen LogP contribution is -2.44. The lowest BCUT2D eigenvalue weighted by Gasteiger charge is -2.40. The normalized spacial score (nSPS) is 27.1. The first-order valence-corrected chi connectivity index (χ1v) is 7.25. The van der Waals surface area contributed by atoms with Gasteiger partial charge in [-0.1, -0.05) is 0 Å². The second kappa shape index (κ2) is 5.22. The third-order valence-electron chi connectivity index (χ3n) is 4.96. The predicted molar refractivity (Wildman–Crippen MR) is 74.3 cm³/mol. The van der Waals surface area contributed by atoms with E-state index in [9.17, 15) is 9.90 Å². The minimum Gasteiger partial charge on any atom is -0.481 e. The van der Waals surface area contributed by atoms with Gasteiger partial charge in [0.05, 0.1) is 18.7 Å². The number of nitrogens with zero attached hydrogens (tertiary/aromatic N) is 2. The molecule has 1 spiro atoms. The van der Waals surface area contributed by atoms with E-state index in [0.29, 0.717) is 13.1 Å². The van der Waals surface area contributed by atoms with Gasteiger partial charge >= 0.3 is 5.97 Å². The van der Waals surface area contributed by atoms with Crippen LogP contribution in [0.4, 0.5) is 0 Å². The number of carboxylic acid groups (broad SMARTS) is 1. The quantitative estimate of drug-likeness (QED) is 0.908. The first-order valence-electron chi connectivity index (χ1n) is 7.25. The highest BCUT2D eigenvalue weighted by atomic mass is 16.4.